The van der Waals surface area contributed by atoms with Gasteiger partial charge in [-0.3, -0.25) is 0 Å². The molecule has 1 atom stereocenters. The maximum atomic E-state index is 13.1. The molecule has 0 amide bonds. The quantitative estimate of drug-likeness (QED) is 0.629. The van der Waals surface area contributed by atoms with Crippen molar-refractivity contribution in [1.82, 2.24) is 0 Å². The number of benzene rings is 2. The molecule has 94 valence electrons. The van der Waals surface area contributed by atoms with Crippen molar-refractivity contribution in [3.05, 3.63) is 69.7 Å². The predicted molar refractivity (Wildman–Crippen MR) is 75.9 cm³/mol. The van der Waals surface area contributed by atoms with E-state index in [1.54, 1.807) is 6.07 Å². The van der Waals surface area contributed by atoms with Crippen molar-refractivity contribution in [1.29, 1.82) is 0 Å². The molecule has 0 aliphatic heterocycles. The van der Waals surface area contributed by atoms with E-state index in [1.807, 2.05) is 24.3 Å². The van der Waals surface area contributed by atoms with E-state index in [0.29, 0.717) is 0 Å². The van der Waals surface area contributed by atoms with E-state index < -0.39 is 11.6 Å². The van der Waals surface area contributed by atoms with Gasteiger partial charge in [-0.1, -0.05) is 50.1 Å². The molecule has 0 saturated heterocycles. The van der Waals surface area contributed by atoms with Gasteiger partial charge in [0.2, 0.25) is 0 Å². The molecular weight excluding hydrogens is 366 g/mol. The molecule has 2 aromatic rings. The standard InChI is InChI=1S/C14H10Br2F2/c15-11-4-1-9(2-5-11)7-12(16)10-3-6-13(17)14(18)8-10/h1-6,8,12H,7H2. The molecule has 4 heteroatoms. The number of hydrogen-bond acceptors (Lipinski definition) is 0. The first kappa shape index (κ1) is 13.7. The Balaban J connectivity index is 2.13. The van der Waals surface area contributed by atoms with Crippen LogP contribution in [0, 0.1) is 11.6 Å². The fourth-order valence-electron chi connectivity index (χ4n) is 1.65. The second-order valence-electron chi connectivity index (χ2n) is 3.97. The average Bonchev–Trinajstić information content (AvgIpc) is 2.35. The van der Waals surface area contributed by atoms with Gasteiger partial charge >= 0.3 is 0 Å². The van der Waals surface area contributed by atoms with Crippen LogP contribution in [0.25, 0.3) is 0 Å². The lowest BCUT2D eigenvalue weighted by molar-refractivity contribution is 0.507. The van der Waals surface area contributed by atoms with Crippen LogP contribution in [0.2, 0.25) is 0 Å². The molecule has 0 heterocycles. The molecule has 1 unspecified atom stereocenters. The third-order valence-corrected chi connectivity index (χ3v) is 4.01. The Kier molecular flexibility index (Phi) is 4.51. The first-order valence-corrected chi connectivity index (χ1v) is 7.10. The van der Waals surface area contributed by atoms with E-state index in [-0.39, 0.29) is 4.83 Å². The zero-order chi connectivity index (χ0) is 13.1. The smallest absolute Gasteiger partial charge is 0.159 e. The van der Waals surface area contributed by atoms with Crippen LogP contribution in [0.4, 0.5) is 8.78 Å². The lowest BCUT2D eigenvalue weighted by atomic mass is 10.0. The molecular formula is C14H10Br2F2. The van der Waals surface area contributed by atoms with E-state index >= 15 is 0 Å². The molecule has 2 aromatic carbocycles. The second-order valence-corrected chi connectivity index (χ2v) is 5.99. The highest BCUT2D eigenvalue weighted by atomic mass is 79.9. The molecule has 0 bridgehead atoms. The van der Waals surface area contributed by atoms with Crippen molar-refractivity contribution in [2.45, 2.75) is 11.2 Å². The number of halogens is 4. The van der Waals surface area contributed by atoms with Crippen molar-refractivity contribution in [2.24, 2.45) is 0 Å². The summed E-state index contributed by atoms with van der Waals surface area (Å²) < 4.78 is 27.0. The lowest BCUT2D eigenvalue weighted by Gasteiger charge is -2.10. The Morgan fingerprint density at radius 2 is 1.61 bits per heavy atom. The zero-order valence-corrected chi connectivity index (χ0v) is 12.5. The molecule has 0 aliphatic carbocycles. The highest BCUT2D eigenvalue weighted by Gasteiger charge is 2.11. The van der Waals surface area contributed by atoms with E-state index in [0.717, 1.165) is 28.1 Å². The Morgan fingerprint density at radius 3 is 2.22 bits per heavy atom. The number of rotatable bonds is 3. The van der Waals surface area contributed by atoms with Crippen LogP contribution < -0.4 is 0 Å². The number of alkyl halides is 1. The van der Waals surface area contributed by atoms with Gasteiger partial charge in [0, 0.05) is 9.30 Å². The van der Waals surface area contributed by atoms with Gasteiger partial charge in [-0.15, -0.1) is 0 Å². The van der Waals surface area contributed by atoms with Crippen LogP contribution in [-0.2, 0) is 6.42 Å². The maximum Gasteiger partial charge on any atom is 0.159 e. The van der Waals surface area contributed by atoms with Gasteiger partial charge in [0.1, 0.15) is 0 Å². The van der Waals surface area contributed by atoms with Gasteiger partial charge in [0.25, 0.3) is 0 Å². The minimum absolute atomic E-state index is 0.0335. The topological polar surface area (TPSA) is 0 Å². The fraction of sp³-hybridized carbons (Fsp3) is 0.143. The van der Waals surface area contributed by atoms with E-state index in [1.165, 1.54) is 6.07 Å². The molecule has 0 N–H and O–H groups in total. The lowest BCUT2D eigenvalue weighted by Crippen LogP contribution is -1.97. The molecule has 0 radical (unpaired) electrons. The first-order chi connectivity index (χ1) is 8.56. The van der Waals surface area contributed by atoms with Crippen LogP contribution in [0.15, 0.2) is 46.9 Å². The second kappa shape index (κ2) is 5.93. The van der Waals surface area contributed by atoms with Gasteiger partial charge in [0.05, 0.1) is 0 Å². The van der Waals surface area contributed by atoms with Crippen molar-refractivity contribution < 1.29 is 8.78 Å². The van der Waals surface area contributed by atoms with Crippen LogP contribution in [0.1, 0.15) is 16.0 Å². The Bertz CT molecular complexity index is 538. The van der Waals surface area contributed by atoms with Crippen molar-refractivity contribution in [3.63, 3.8) is 0 Å². The van der Waals surface area contributed by atoms with E-state index in [9.17, 15) is 8.78 Å². The summed E-state index contributed by atoms with van der Waals surface area (Å²) in [6, 6.07) is 11.9. The van der Waals surface area contributed by atoms with Crippen LogP contribution in [-0.4, -0.2) is 0 Å². The molecule has 0 fully saturated rings. The van der Waals surface area contributed by atoms with Crippen molar-refractivity contribution in [3.8, 4) is 0 Å². The Morgan fingerprint density at radius 1 is 0.944 bits per heavy atom. The predicted octanol–water partition coefficient (Wildman–Crippen LogP) is 5.41. The van der Waals surface area contributed by atoms with Gasteiger partial charge in [-0.05, 0) is 41.8 Å². The van der Waals surface area contributed by atoms with E-state index in [2.05, 4.69) is 31.9 Å². The summed E-state index contributed by atoms with van der Waals surface area (Å²) >= 11 is 6.87. The third kappa shape index (κ3) is 3.39. The van der Waals surface area contributed by atoms with Gasteiger partial charge in [-0.2, -0.15) is 0 Å². The Labute approximate surface area is 121 Å². The summed E-state index contributed by atoms with van der Waals surface area (Å²) in [5, 5.41) is 0. The van der Waals surface area contributed by atoms with Gasteiger partial charge in [-0.25, -0.2) is 8.78 Å². The summed E-state index contributed by atoms with van der Waals surface area (Å²) in [6.07, 6.45) is 0.721. The summed E-state index contributed by atoms with van der Waals surface area (Å²) in [4.78, 5) is -0.0335. The molecule has 0 spiro atoms. The van der Waals surface area contributed by atoms with Crippen LogP contribution in [0.3, 0.4) is 0 Å². The van der Waals surface area contributed by atoms with Crippen LogP contribution in [0.5, 0.6) is 0 Å². The van der Waals surface area contributed by atoms with Crippen LogP contribution >= 0.6 is 31.9 Å². The van der Waals surface area contributed by atoms with Gasteiger partial charge < -0.3 is 0 Å². The maximum absolute atomic E-state index is 13.1. The average molecular weight is 376 g/mol. The monoisotopic (exact) mass is 374 g/mol. The minimum Gasteiger partial charge on any atom is -0.204 e. The number of hydrogen-bond donors (Lipinski definition) is 0. The molecule has 2 rings (SSSR count). The first-order valence-electron chi connectivity index (χ1n) is 5.40. The summed E-state index contributed by atoms with van der Waals surface area (Å²) in [5.41, 5.74) is 1.86. The minimum atomic E-state index is -0.818. The molecule has 0 saturated carbocycles. The SMILES string of the molecule is Fc1ccc(C(Br)Cc2ccc(Br)cc2)cc1F. The third-order valence-electron chi connectivity index (χ3n) is 2.63. The molecule has 18 heavy (non-hydrogen) atoms. The molecule has 0 aliphatic rings. The normalized spacial score (nSPS) is 12.4. The fourth-order valence-corrected chi connectivity index (χ4v) is 2.58. The van der Waals surface area contributed by atoms with Crippen molar-refractivity contribution >= 4 is 31.9 Å². The van der Waals surface area contributed by atoms with E-state index in [4.69, 9.17) is 0 Å². The van der Waals surface area contributed by atoms with Gasteiger partial charge in [0.15, 0.2) is 11.6 Å². The molecule has 0 nitrogen and oxygen atoms in total. The van der Waals surface area contributed by atoms with Crippen molar-refractivity contribution in [2.75, 3.05) is 0 Å². The highest BCUT2D eigenvalue weighted by molar-refractivity contribution is 9.10. The highest BCUT2D eigenvalue weighted by Crippen LogP contribution is 2.28. The summed E-state index contributed by atoms with van der Waals surface area (Å²) in [7, 11) is 0. The largest absolute Gasteiger partial charge is 0.204 e. The zero-order valence-electron chi connectivity index (χ0n) is 9.34. The summed E-state index contributed by atoms with van der Waals surface area (Å²) in [5.74, 6) is -1.63. The molecule has 0 aromatic heterocycles. The summed E-state index contributed by atoms with van der Waals surface area (Å²) in [6.45, 7) is 0. The Hall–Kier alpha value is -0.740.